The Morgan fingerprint density at radius 1 is 0.327 bits per heavy atom. The third-order valence-corrected chi connectivity index (χ3v) is 11.7. The SMILES string of the molecule is CC1(C)c2cccc3c4ccccc4c4cccc5c4c4c(c1ccc4n5-c1cccc(-c4cc(-c5ccccc5)cc(-c5ccccc5)c4)c1)c23. The standard InChI is InChI=1S/C51H35N/c1-51(2)43-24-12-22-41-39-20-9-10-21-40(39)42-23-13-25-45-48(42)50-46(27-26-44(51)49(50)47(41)43)52(45)38-19-11-18-34(31-38)37-29-35(32-14-5-3-6-15-32)28-36(30-37)33-16-7-4-8-17-33/h3-31H,1-2H3. The van der Waals surface area contributed by atoms with E-state index in [2.05, 4.69) is 194 Å². The molecule has 0 aliphatic heterocycles. The molecule has 0 fully saturated rings. The minimum atomic E-state index is -0.0995. The van der Waals surface area contributed by atoms with Gasteiger partial charge in [-0.25, -0.2) is 0 Å². The van der Waals surface area contributed by atoms with Gasteiger partial charge in [-0.2, -0.15) is 0 Å². The molecular weight excluding hydrogens is 627 g/mol. The predicted octanol–water partition coefficient (Wildman–Crippen LogP) is 13.9. The third kappa shape index (κ3) is 4.05. The van der Waals surface area contributed by atoms with Crippen LogP contribution in [-0.4, -0.2) is 4.57 Å². The van der Waals surface area contributed by atoms with E-state index < -0.39 is 0 Å². The first-order chi connectivity index (χ1) is 25.6. The highest BCUT2D eigenvalue weighted by Gasteiger charge is 2.35. The molecule has 0 saturated heterocycles. The van der Waals surface area contributed by atoms with E-state index in [4.69, 9.17) is 0 Å². The van der Waals surface area contributed by atoms with Gasteiger partial charge in [0.15, 0.2) is 0 Å². The van der Waals surface area contributed by atoms with Crippen LogP contribution >= 0.6 is 0 Å². The Kier molecular flexibility index (Phi) is 6.08. The molecule has 0 saturated carbocycles. The molecule has 1 aliphatic carbocycles. The molecule has 9 aromatic carbocycles. The van der Waals surface area contributed by atoms with Crippen LogP contribution in [0.25, 0.3) is 93.2 Å². The largest absolute Gasteiger partial charge is 0.309 e. The third-order valence-electron chi connectivity index (χ3n) is 11.7. The lowest BCUT2D eigenvalue weighted by molar-refractivity contribution is 0.663. The van der Waals surface area contributed by atoms with Crippen LogP contribution in [0.4, 0.5) is 0 Å². The summed E-state index contributed by atoms with van der Waals surface area (Å²) in [5.41, 5.74) is 13.6. The molecule has 52 heavy (non-hydrogen) atoms. The molecule has 0 unspecified atom stereocenters. The van der Waals surface area contributed by atoms with Crippen molar-refractivity contribution in [2.75, 3.05) is 0 Å². The monoisotopic (exact) mass is 661 g/mol. The Labute approximate surface area is 303 Å². The van der Waals surface area contributed by atoms with Crippen molar-refractivity contribution in [3.63, 3.8) is 0 Å². The zero-order valence-corrected chi connectivity index (χ0v) is 29.2. The molecule has 11 rings (SSSR count). The van der Waals surface area contributed by atoms with Crippen LogP contribution in [0.15, 0.2) is 176 Å². The second kappa shape index (κ2) is 10.8. The molecule has 0 radical (unpaired) electrons. The molecule has 0 atom stereocenters. The van der Waals surface area contributed by atoms with Crippen molar-refractivity contribution in [3.8, 4) is 39.1 Å². The van der Waals surface area contributed by atoms with Gasteiger partial charge in [-0.15, -0.1) is 0 Å². The van der Waals surface area contributed by atoms with Gasteiger partial charge < -0.3 is 4.57 Å². The predicted molar refractivity (Wildman–Crippen MR) is 222 cm³/mol. The van der Waals surface area contributed by atoms with Crippen LogP contribution in [0, 0.1) is 0 Å². The van der Waals surface area contributed by atoms with Crippen molar-refractivity contribution in [1.82, 2.24) is 4.57 Å². The first kappa shape index (κ1) is 29.3. The summed E-state index contributed by atoms with van der Waals surface area (Å²) in [7, 11) is 0. The van der Waals surface area contributed by atoms with Gasteiger partial charge in [0.1, 0.15) is 0 Å². The molecule has 1 heteroatoms. The van der Waals surface area contributed by atoms with Crippen molar-refractivity contribution < 1.29 is 0 Å². The summed E-state index contributed by atoms with van der Waals surface area (Å²) in [5, 5.41) is 10.7. The van der Waals surface area contributed by atoms with Crippen molar-refractivity contribution in [2.24, 2.45) is 0 Å². The van der Waals surface area contributed by atoms with Gasteiger partial charge in [0.2, 0.25) is 0 Å². The number of rotatable bonds is 4. The van der Waals surface area contributed by atoms with Crippen LogP contribution in [0.5, 0.6) is 0 Å². The highest BCUT2D eigenvalue weighted by Crippen LogP contribution is 2.53. The topological polar surface area (TPSA) is 4.93 Å². The van der Waals surface area contributed by atoms with Crippen molar-refractivity contribution in [3.05, 3.63) is 187 Å². The molecule has 0 N–H and O–H groups in total. The Morgan fingerprint density at radius 3 is 1.50 bits per heavy atom. The quantitative estimate of drug-likeness (QED) is 0.177. The van der Waals surface area contributed by atoms with Crippen LogP contribution in [0.2, 0.25) is 0 Å². The molecule has 1 heterocycles. The van der Waals surface area contributed by atoms with Gasteiger partial charge in [0.05, 0.1) is 11.0 Å². The number of hydrogen-bond acceptors (Lipinski definition) is 0. The number of aromatic nitrogens is 1. The lowest BCUT2D eigenvalue weighted by Gasteiger charge is -2.22. The van der Waals surface area contributed by atoms with E-state index in [1.165, 1.54) is 104 Å². The Balaban J connectivity index is 1.23. The summed E-state index contributed by atoms with van der Waals surface area (Å²) in [6, 6.07) is 65.2. The fraction of sp³-hybridized carbons (Fsp3) is 0.0588. The van der Waals surface area contributed by atoms with Gasteiger partial charge in [-0.3, -0.25) is 0 Å². The van der Waals surface area contributed by atoms with Gasteiger partial charge >= 0.3 is 0 Å². The molecule has 0 bridgehead atoms. The van der Waals surface area contributed by atoms with E-state index >= 15 is 0 Å². The summed E-state index contributed by atoms with van der Waals surface area (Å²) in [4.78, 5) is 0. The Bertz CT molecular complexity index is 3010. The number of benzene rings is 8. The summed E-state index contributed by atoms with van der Waals surface area (Å²) < 4.78 is 2.51. The molecule has 1 nitrogen and oxygen atoms in total. The Morgan fingerprint density at radius 2 is 0.827 bits per heavy atom. The second-order valence-corrected chi connectivity index (χ2v) is 14.9. The number of nitrogens with zero attached hydrogens (tertiary/aromatic N) is 1. The molecule has 0 spiro atoms. The minimum absolute atomic E-state index is 0.0995. The lowest BCUT2D eigenvalue weighted by Crippen LogP contribution is -2.15. The summed E-state index contributed by atoms with van der Waals surface area (Å²) >= 11 is 0. The summed E-state index contributed by atoms with van der Waals surface area (Å²) in [6.45, 7) is 4.79. The minimum Gasteiger partial charge on any atom is -0.309 e. The Hall–Kier alpha value is -6.44. The van der Waals surface area contributed by atoms with Gasteiger partial charge in [-0.1, -0.05) is 147 Å². The van der Waals surface area contributed by atoms with E-state index in [0.29, 0.717) is 0 Å². The lowest BCUT2D eigenvalue weighted by atomic mass is 9.81. The zero-order chi connectivity index (χ0) is 34.6. The van der Waals surface area contributed by atoms with E-state index in [9.17, 15) is 0 Å². The normalized spacial score (nSPS) is 13.3. The maximum Gasteiger partial charge on any atom is 0.0547 e. The fourth-order valence-corrected chi connectivity index (χ4v) is 9.31. The van der Waals surface area contributed by atoms with E-state index in [-0.39, 0.29) is 5.41 Å². The molecule has 1 aliphatic rings. The number of hydrogen-bond donors (Lipinski definition) is 0. The van der Waals surface area contributed by atoms with Gasteiger partial charge in [0.25, 0.3) is 0 Å². The fourth-order valence-electron chi connectivity index (χ4n) is 9.31. The molecular formula is C51H35N. The molecule has 10 aromatic rings. The highest BCUT2D eigenvalue weighted by molar-refractivity contribution is 6.35. The van der Waals surface area contributed by atoms with Gasteiger partial charge in [0, 0.05) is 21.9 Å². The van der Waals surface area contributed by atoms with Crippen LogP contribution in [0.3, 0.4) is 0 Å². The molecule has 244 valence electrons. The average Bonchev–Trinajstić information content (AvgIpc) is 3.66. The maximum absolute atomic E-state index is 2.51. The van der Waals surface area contributed by atoms with Gasteiger partial charge in [-0.05, 0) is 119 Å². The second-order valence-electron chi connectivity index (χ2n) is 14.9. The highest BCUT2D eigenvalue weighted by atomic mass is 15.0. The smallest absolute Gasteiger partial charge is 0.0547 e. The number of fused-ring (bicyclic) bond motifs is 3. The summed E-state index contributed by atoms with van der Waals surface area (Å²) in [6.07, 6.45) is 0. The van der Waals surface area contributed by atoms with Crippen LogP contribution in [-0.2, 0) is 5.41 Å². The average molecular weight is 662 g/mol. The van der Waals surface area contributed by atoms with Crippen LogP contribution < -0.4 is 0 Å². The van der Waals surface area contributed by atoms with Crippen LogP contribution in [0.1, 0.15) is 25.0 Å². The molecule has 0 amide bonds. The first-order valence-corrected chi connectivity index (χ1v) is 18.3. The zero-order valence-electron chi connectivity index (χ0n) is 29.2. The summed E-state index contributed by atoms with van der Waals surface area (Å²) in [5.74, 6) is 0. The van der Waals surface area contributed by atoms with E-state index in [1.54, 1.807) is 0 Å². The van der Waals surface area contributed by atoms with E-state index in [0.717, 1.165) is 0 Å². The van der Waals surface area contributed by atoms with E-state index in [1.807, 2.05) is 0 Å². The van der Waals surface area contributed by atoms with Crippen molar-refractivity contribution in [2.45, 2.75) is 19.3 Å². The first-order valence-electron chi connectivity index (χ1n) is 18.3. The molecule has 1 aromatic heterocycles. The van der Waals surface area contributed by atoms with Crippen molar-refractivity contribution >= 4 is 54.1 Å². The van der Waals surface area contributed by atoms with Crippen molar-refractivity contribution in [1.29, 1.82) is 0 Å². The maximum atomic E-state index is 2.51.